The molecule has 2 aromatic rings. The molecule has 4 heteroatoms. The number of fused-ring (bicyclic) bond motifs is 1. The van der Waals surface area contributed by atoms with Crippen molar-refractivity contribution in [2.45, 2.75) is 26.7 Å². The van der Waals surface area contributed by atoms with Crippen LogP contribution in [0, 0.1) is 6.92 Å². The maximum atomic E-state index is 12.0. The van der Waals surface area contributed by atoms with E-state index in [0.717, 1.165) is 5.56 Å². The van der Waals surface area contributed by atoms with E-state index in [9.17, 15) is 4.79 Å². The van der Waals surface area contributed by atoms with Crippen molar-refractivity contribution in [1.29, 1.82) is 0 Å². The standard InChI is InChI=1S/C12H13ClN2O/c1-7(2)9-5-4-6-15-11(9)14-10(13)8(3)12(15)16/h4-7H,1-3H3. The highest BCUT2D eigenvalue weighted by atomic mass is 35.5. The molecule has 3 nitrogen and oxygen atoms in total. The third kappa shape index (κ3) is 1.61. The lowest BCUT2D eigenvalue weighted by Gasteiger charge is -2.10. The Morgan fingerprint density at radius 1 is 1.44 bits per heavy atom. The third-order valence-corrected chi connectivity index (χ3v) is 3.04. The van der Waals surface area contributed by atoms with Gasteiger partial charge in [0.25, 0.3) is 5.56 Å². The Morgan fingerprint density at radius 3 is 2.75 bits per heavy atom. The molecule has 0 unspecified atom stereocenters. The Balaban J connectivity index is 2.95. The van der Waals surface area contributed by atoms with Gasteiger partial charge in [-0.1, -0.05) is 31.5 Å². The summed E-state index contributed by atoms with van der Waals surface area (Å²) in [5.74, 6) is 0.307. The van der Waals surface area contributed by atoms with Gasteiger partial charge in [-0.25, -0.2) is 4.98 Å². The number of nitrogens with zero attached hydrogens (tertiary/aromatic N) is 2. The van der Waals surface area contributed by atoms with E-state index in [-0.39, 0.29) is 10.7 Å². The van der Waals surface area contributed by atoms with Crippen LogP contribution in [-0.2, 0) is 0 Å². The number of hydrogen-bond donors (Lipinski definition) is 0. The summed E-state index contributed by atoms with van der Waals surface area (Å²) in [6, 6.07) is 3.83. The number of rotatable bonds is 1. The second-order valence-electron chi connectivity index (χ2n) is 4.14. The van der Waals surface area contributed by atoms with Gasteiger partial charge in [-0.15, -0.1) is 0 Å². The fourth-order valence-corrected chi connectivity index (χ4v) is 1.86. The van der Waals surface area contributed by atoms with Crippen LogP contribution in [0.4, 0.5) is 0 Å². The molecule has 0 atom stereocenters. The zero-order valence-electron chi connectivity index (χ0n) is 9.49. The minimum absolute atomic E-state index is 0.0995. The lowest BCUT2D eigenvalue weighted by atomic mass is 10.1. The van der Waals surface area contributed by atoms with Crippen LogP contribution in [0.3, 0.4) is 0 Å². The van der Waals surface area contributed by atoms with Gasteiger partial charge in [-0.3, -0.25) is 9.20 Å². The maximum Gasteiger partial charge on any atom is 0.262 e. The van der Waals surface area contributed by atoms with Crippen LogP contribution in [0.2, 0.25) is 5.15 Å². The van der Waals surface area contributed by atoms with E-state index in [0.29, 0.717) is 17.1 Å². The summed E-state index contributed by atoms with van der Waals surface area (Å²) in [6.07, 6.45) is 1.72. The van der Waals surface area contributed by atoms with Crippen molar-refractivity contribution in [1.82, 2.24) is 9.38 Å². The number of pyridine rings is 1. The monoisotopic (exact) mass is 236 g/mol. The smallest absolute Gasteiger partial charge is 0.262 e. The van der Waals surface area contributed by atoms with E-state index in [1.54, 1.807) is 17.5 Å². The Labute approximate surface area is 98.7 Å². The first-order valence-electron chi connectivity index (χ1n) is 5.19. The van der Waals surface area contributed by atoms with E-state index in [4.69, 9.17) is 11.6 Å². The molecule has 0 saturated carbocycles. The Morgan fingerprint density at radius 2 is 2.12 bits per heavy atom. The quantitative estimate of drug-likeness (QED) is 0.714. The highest BCUT2D eigenvalue weighted by molar-refractivity contribution is 6.30. The Hall–Kier alpha value is -1.35. The average molecular weight is 237 g/mol. The molecular weight excluding hydrogens is 224 g/mol. The summed E-state index contributed by atoms with van der Waals surface area (Å²) in [5.41, 5.74) is 2.07. The van der Waals surface area contributed by atoms with Crippen LogP contribution < -0.4 is 5.56 Å². The Bertz CT molecular complexity index is 602. The molecule has 0 bridgehead atoms. The molecular formula is C12H13ClN2O. The third-order valence-electron chi connectivity index (χ3n) is 2.67. The molecule has 16 heavy (non-hydrogen) atoms. The molecule has 0 aliphatic carbocycles. The van der Waals surface area contributed by atoms with Crippen molar-refractivity contribution in [2.24, 2.45) is 0 Å². The van der Waals surface area contributed by atoms with Crippen LogP contribution in [-0.4, -0.2) is 9.38 Å². The predicted octanol–water partition coefficient (Wildman–Crippen LogP) is 2.78. The van der Waals surface area contributed by atoms with Crippen LogP contribution in [0.25, 0.3) is 5.65 Å². The first-order chi connectivity index (χ1) is 7.52. The van der Waals surface area contributed by atoms with Gasteiger partial charge < -0.3 is 0 Å². The van der Waals surface area contributed by atoms with Crippen molar-refractivity contribution in [3.63, 3.8) is 0 Å². The fraction of sp³-hybridized carbons (Fsp3) is 0.333. The van der Waals surface area contributed by atoms with E-state index in [1.807, 2.05) is 12.1 Å². The minimum atomic E-state index is -0.0995. The highest BCUT2D eigenvalue weighted by Crippen LogP contribution is 2.19. The topological polar surface area (TPSA) is 34.4 Å². The summed E-state index contributed by atoms with van der Waals surface area (Å²) in [7, 11) is 0. The van der Waals surface area contributed by atoms with Crippen molar-refractivity contribution >= 4 is 17.2 Å². The zero-order valence-corrected chi connectivity index (χ0v) is 10.2. The van der Waals surface area contributed by atoms with Crippen LogP contribution in [0.5, 0.6) is 0 Å². The minimum Gasteiger partial charge on any atom is -0.269 e. The molecule has 0 radical (unpaired) electrons. The van der Waals surface area contributed by atoms with E-state index in [2.05, 4.69) is 18.8 Å². The van der Waals surface area contributed by atoms with Crippen molar-refractivity contribution in [3.05, 3.63) is 45.0 Å². The molecule has 0 spiro atoms. The van der Waals surface area contributed by atoms with Gasteiger partial charge in [0.1, 0.15) is 10.8 Å². The summed E-state index contributed by atoms with van der Waals surface area (Å²) < 4.78 is 1.55. The number of hydrogen-bond acceptors (Lipinski definition) is 2. The van der Waals surface area contributed by atoms with Crippen LogP contribution in [0.15, 0.2) is 23.1 Å². The molecule has 84 valence electrons. The lowest BCUT2D eigenvalue weighted by Crippen LogP contribution is -2.19. The molecule has 2 rings (SSSR count). The normalized spacial score (nSPS) is 11.3. The van der Waals surface area contributed by atoms with E-state index in [1.165, 1.54) is 0 Å². The van der Waals surface area contributed by atoms with Crippen LogP contribution >= 0.6 is 11.6 Å². The molecule has 0 fully saturated rings. The number of aromatic nitrogens is 2. The SMILES string of the molecule is Cc1c(Cl)nc2c(C(C)C)cccn2c1=O. The largest absolute Gasteiger partial charge is 0.269 e. The lowest BCUT2D eigenvalue weighted by molar-refractivity contribution is 0.851. The molecule has 0 aliphatic heterocycles. The molecule has 0 amide bonds. The summed E-state index contributed by atoms with van der Waals surface area (Å²) in [4.78, 5) is 16.2. The maximum absolute atomic E-state index is 12.0. The molecule has 0 N–H and O–H groups in total. The molecule has 2 aromatic heterocycles. The molecule has 0 aliphatic rings. The zero-order chi connectivity index (χ0) is 11.9. The second kappa shape index (κ2) is 3.91. The first-order valence-corrected chi connectivity index (χ1v) is 5.57. The van der Waals surface area contributed by atoms with E-state index < -0.39 is 0 Å². The van der Waals surface area contributed by atoms with Gasteiger partial charge in [0.2, 0.25) is 0 Å². The summed E-state index contributed by atoms with van der Waals surface area (Å²) >= 11 is 5.95. The predicted molar refractivity (Wildman–Crippen MR) is 65.3 cm³/mol. The van der Waals surface area contributed by atoms with E-state index >= 15 is 0 Å². The number of halogens is 1. The van der Waals surface area contributed by atoms with Gasteiger partial charge in [-0.05, 0) is 24.5 Å². The second-order valence-corrected chi connectivity index (χ2v) is 4.50. The summed E-state index contributed by atoms with van der Waals surface area (Å²) in [5, 5.41) is 0.290. The van der Waals surface area contributed by atoms with Gasteiger partial charge >= 0.3 is 0 Å². The van der Waals surface area contributed by atoms with Crippen molar-refractivity contribution < 1.29 is 0 Å². The highest BCUT2D eigenvalue weighted by Gasteiger charge is 2.11. The molecule has 0 saturated heterocycles. The van der Waals surface area contributed by atoms with Gasteiger partial charge in [-0.2, -0.15) is 0 Å². The van der Waals surface area contributed by atoms with Gasteiger partial charge in [0.05, 0.1) is 5.56 Å². The molecule has 2 heterocycles. The Kier molecular flexibility index (Phi) is 2.72. The first kappa shape index (κ1) is 11.1. The molecule has 0 aromatic carbocycles. The van der Waals surface area contributed by atoms with Crippen LogP contribution in [0.1, 0.15) is 30.9 Å². The van der Waals surface area contributed by atoms with Crippen molar-refractivity contribution in [2.75, 3.05) is 0 Å². The summed E-state index contributed by atoms with van der Waals surface area (Å²) in [6.45, 7) is 5.82. The van der Waals surface area contributed by atoms with Gasteiger partial charge in [0, 0.05) is 6.20 Å². The van der Waals surface area contributed by atoms with Crippen molar-refractivity contribution in [3.8, 4) is 0 Å². The van der Waals surface area contributed by atoms with Gasteiger partial charge in [0.15, 0.2) is 0 Å². The average Bonchev–Trinajstić information content (AvgIpc) is 2.25. The fourth-order valence-electron chi connectivity index (χ4n) is 1.70.